The highest BCUT2D eigenvalue weighted by molar-refractivity contribution is 5.83. The fourth-order valence-electron chi connectivity index (χ4n) is 8.76. The topological polar surface area (TPSA) is 9.72 Å². The number of hydrogen-bond acceptors (Lipinski definition) is 3. The molecule has 0 aromatic heterocycles. The van der Waals surface area contributed by atoms with E-state index in [1.165, 1.54) is 44.5 Å². The quantitative estimate of drug-likeness (QED) is 0.121. The van der Waals surface area contributed by atoms with Gasteiger partial charge in [-0.25, -0.2) is 0 Å². The summed E-state index contributed by atoms with van der Waals surface area (Å²) < 4.78 is 0. The van der Waals surface area contributed by atoms with Gasteiger partial charge in [-0.05, 0) is 170 Å². The van der Waals surface area contributed by atoms with Crippen molar-refractivity contribution < 1.29 is 0 Å². The van der Waals surface area contributed by atoms with E-state index in [0.717, 1.165) is 62.3 Å². The molecule has 0 heterocycles. The van der Waals surface area contributed by atoms with E-state index in [4.69, 9.17) is 0 Å². The van der Waals surface area contributed by atoms with E-state index < -0.39 is 0 Å². The summed E-state index contributed by atoms with van der Waals surface area (Å²) in [7, 11) is 0. The number of anilines is 9. The van der Waals surface area contributed by atoms with Crippen LogP contribution in [-0.4, -0.2) is 0 Å². The molecule has 0 bridgehead atoms. The van der Waals surface area contributed by atoms with E-state index >= 15 is 0 Å². The summed E-state index contributed by atoms with van der Waals surface area (Å²) in [5.74, 6) is 0. The predicted octanol–water partition coefficient (Wildman–Crippen LogP) is 18.3. The lowest BCUT2D eigenvalue weighted by Crippen LogP contribution is -2.10. The molecule has 3 nitrogen and oxygen atoms in total. The number of nitrogens with zero attached hydrogens (tertiary/aromatic N) is 3. The molecule has 10 aromatic rings. The van der Waals surface area contributed by atoms with Crippen LogP contribution < -0.4 is 14.7 Å². The maximum Gasteiger partial charge on any atom is 0.0462 e. The van der Waals surface area contributed by atoms with E-state index in [1.807, 2.05) is 0 Å². The van der Waals surface area contributed by atoms with Gasteiger partial charge in [-0.3, -0.25) is 0 Å². The molecule has 0 atom stereocenters. The molecule has 10 aromatic carbocycles. The maximum absolute atomic E-state index is 2.34. The third kappa shape index (κ3) is 9.40. The molecule has 67 heavy (non-hydrogen) atoms. The zero-order valence-electron chi connectivity index (χ0n) is 38.5. The van der Waals surface area contributed by atoms with E-state index in [2.05, 4.69) is 291 Å². The molecule has 0 aliphatic heterocycles. The Kier molecular flexibility index (Phi) is 12.1. The normalized spacial score (nSPS) is 11.0. The molecular formula is C64H53N3. The highest BCUT2D eigenvalue weighted by Crippen LogP contribution is 2.41. The fraction of sp³-hybridized carbons (Fsp3) is 0.0625. The Hall–Kier alpha value is -8.40. The van der Waals surface area contributed by atoms with E-state index in [9.17, 15) is 0 Å². The highest BCUT2D eigenvalue weighted by Gasteiger charge is 2.17. The highest BCUT2D eigenvalue weighted by atomic mass is 15.2. The molecule has 0 aliphatic rings. The number of hydrogen-bond donors (Lipinski definition) is 0. The van der Waals surface area contributed by atoms with Crippen molar-refractivity contribution >= 4 is 51.2 Å². The van der Waals surface area contributed by atoms with Gasteiger partial charge in [0.05, 0.1) is 0 Å². The average Bonchev–Trinajstić information content (AvgIpc) is 3.38. The predicted molar refractivity (Wildman–Crippen MR) is 286 cm³/mol. The summed E-state index contributed by atoms with van der Waals surface area (Å²) in [6.07, 6.45) is 0. The van der Waals surface area contributed by atoms with Crippen LogP contribution in [0.25, 0.3) is 33.4 Å². The summed E-state index contributed by atoms with van der Waals surface area (Å²) >= 11 is 0. The van der Waals surface area contributed by atoms with Crippen LogP contribution in [0, 0.1) is 27.7 Å². The molecule has 0 fully saturated rings. The van der Waals surface area contributed by atoms with Crippen molar-refractivity contribution in [1.29, 1.82) is 0 Å². The van der Waals surface area contributed by atoms with Gasteiger partial charge in [-0.2, -0.15) is 0 Å². The van der Waals surface area contributed by atoms with Gasteiger partial charge in [0.1, 0.15) is 0 Å². The number of rotatable bonds is 12. The van der Waals surface area contributed by atoms with Gasteiger partial charge in [0.2, 0.25) is 0 Å². The van der Waals surface area contributed by atoms with Gasteiger partial charge in [0.15, 0.2) is 0 Å². The summed E-state index contributed by atoms with van der Waals surface area (Å²) in [5.41, 5.74) is 22.1. The second-order valence-electron chi connectivity index (χ2n) is 17.4. The molecule has 0 amide bonds. The van der Waals surface area contributed by atoms with Crippen LogP contribution in [0.4, 0.5) is 51.2 Å². The first-order valence-electron chi connectivity index (χ1n) is 23.1. The van der Waals surface area contributed by atoms with Crippen LogP contribution in [0.5, 0.6) is 0 Å². The van der Waals surface area contributed by atoms with Crippen LogP contribution in [-0.2, 0) is 0 Å². The molecule has 0 radical (unpaired) electrons. The molecule has 0 N–H and O–H groups in total. The average molecular weight is 864 g/mol. The standard InChI is InChI=1S/C64H53N3/c1-46-10-28-56(29-11-46)65(57-30-12-47(2)13-31-57)60-38-20-52(21-39-60)53-24-42-63(43-25-53)67(59-34-16-49(4)17-35-59)64-44-26-55(27-45-64)54-22-40-62(41-23-54)66(58-32-14-48(3)15-33-58)61-36-18-51(19-37-61)50-8-6-5-7-9-50/h5-45H,1-4H3. The summed E-state index contributed by atoms with van der Waals surface area (Å²) in [5, 5.41) is 0. The molecule has 0 unspecified atom stereocenters. The molecule has 324 valence electrons. The first-order valence-corrected chi connectivity index (χ1v) is 23.1. The molecule has 0 aliphatic carbocycles. The lowest BCUT2D eigenvalue weighted by molar-refractivity contribution is 1.27. The Morgan fingerprint density at radius 1 is 0.164 bits per heavy atom. The number of benzene rings is 10. The lowest BCUT2D eigenvalue weighted by atomic mass is 10.0. The van der Waals surface area contributed by atoms with Crippen LogP contribution in [0.3, 0.4) is 0 Å². The van der Waals surface area contributed by atoms with Crippen molar-refractivity contribution in [2.75, 3.05) is 14.7 Å². The van der Waals surface area contributed by atoms with Crippen molar-refractivity contribution in [3.63, 3.8) is 0 Å². The fourth-order valence-corrected chi connectivity index (χ4v) is 8.76. The van der Waals surface area contributed by atoms with Crippen molar-refractivity contribution in [1.82, 2.24) is 0 Å². The van der Waals surface area contributed by atoms with Gasteiger partial charge >= 0.3 is 0 Å². The van der Waals surface area contributed by atoms with Crippen LogP contribution >= 0.6 is 0 Å². The summed E-state index contributed by atoms with van der Waals surface area (Å²) in [4.78, 5) is 6.98. The number of aryl methyl sites for hydroxylation is 4. The van der Waals surface area contributed by atoms with Gasteiger partial charge in [-0.1, -0.05) is 162 Å². The first kappa shape index (κ1) is 42.5. The second kappa shape index (κ2) is 19.0. The Balaban J connectivity index is 0.908. The Bertz CT molecular complexity index is 3130. The van der Waals surface area contributed by atoms with Crippen molar-refractivity contribution in [3.05, 3.63) is 271 Å². The zero-order valence-corrected chi connectivity index (χ0v) is 38.5. The van der Waals surface area contributed by atoms with Crippen molar-refractivity contribution in [2.24, 2.45) is 0 Å². The molecule has 0 saturated heterocycles. The molecule has 0 saturated carbocycles. The van der Waals surface area contributed by atoms with Crippen LogP contribution in [0.2, 0.25) is 0 Å². The Labute approximate surface area is 396 Å². The smallest absolute Gasteiger partial charge is 0.0462 e. The third-order valence-corrected chi connectivity index (χ3v) is 12.6. The van der Waals surface area contributed by atoms with E-state index in [-0.39, 0.29) is 0 Å². The van der Waals surface area contributed by atoms with E-state index in [0.29, 0.717) is 0 Å². The summed E-state index contributed by atoms with van der Waals surface area (Å²) in [6, 6.07) is 90.1. The van der Waals surface area contributed by atoms with Gasteiger partial charge in [0, 0.05) is 51.2 Å². The summed E-state index contributed by atoms with van der Waals surface area (Å²) in [6.45, 7) is 8.53. The zero-order chi connectivity index (χ0) is 45.7. The third-order valence-electron chi connectivity index (χ3n) is 12.6. The minimum Gasteiger partial charge on any atom is -0.311 e. The van der Waals surface area contributed by atoms with E-state index in [1.54, 1.807) is 0 Å². The van der Waals surface area contributed by atoms with Gasteiger partial charge in [0.25, 0.3) is 0 Å². The Morgan fingerprint density at radius 2 is 0.313 bits per heavy atom. The maximum atomic E-state index is 2.34. The molecule has 0 spiro atoms. The second-order valence-corrected chi connectivity index (χ2v) is 17.4. The molecule has 3 heteroatoms. The minimum absolute atomic E-state index is 1.10. The minimum atomic E-state index is 1.10. The largest absolute Gasteiger partial charge is 0.311 e. The Morgan fingerprint density at radius 3 is 0.493 bits per heavy atom. The van der Waals surface area contributed by atoms with Gasteiger partial charge < -0.3 is 14.7 Å². The van der Waals surface area contributed by atoms with Crippen molar-refractivity contribution in [3.8, 4) is 33.4 Å². The van der Waals surface area contributed by atoms with Gasteiger partial charge in [-0.15, -0.1) is 0 Å². The van der Waals surface area contributed by atoms with Crippen LogP contribution in [0.15, 0.2) is 249 Å². The molecule has 10 rings (SSSR count). The SMILES string of the molecule is Cc1ccc(N(c2ccc(C)cc2)c2ccc(-c3ccc(N(c4ccc(C)cc4)c4ccc(-c5ccc(N(c6ccc(C)cc6)c6ccc(-c7ccccc7)cc6)cc5)cc4)cc3)cc2)cc1. The van der Waals surface area contributed by atoms with Crippen molar-refractivity contribution in [2.45, 2.75) is 27.7 Å². The van der Waals surface area contributed by atoms with Crippen LogP contribution in [0.1, 0.15) is 22.3 Å². The first-order chi connectivity index (χ1) is 32.8. The molecular weight excluding hydrogens is 811 g/mol. The lowest BCUT2D eigenvalue weighted by Gasteiger charge is -2.27. The monoisotopic (exact) mass is 863 g/mol.